The third kappa shape index (κ3) is 4.88. The second-order valence-corrected chi connectivity index (χ2v) is 6.50. The van der Waals surface area contributed by atoms with Gasteiger partial charge in [0.05, 0.1) is 4.92 Å². The SMILES string of the molecule is CC[C@@H](Oc1cccc(NC(=O)c2ccccc2[N+](=O)[O-])c1)C(=O)c1ccccc1. The van der Waals surface area contributed by atoms with Crippen molar-refractivity contribution >= 4 is 23.1 Å². The number of carbonyl (C=O) groups excluding carboxylic acids is 2. The molecule has 3 rings (SSSR count). The van der Waals surface area contributed by atoms with E-state index in [1.54, 1.807) is 54.6 Å². The van der Waals surface area contributed by atoms with Gasteiger partial charge < -0.3 is 10.1 Å². The average Bonchev–Trinajstić information content (AvgIpc) is 2.77. The first-order valence-corrected chi connectivity index (χ1v) is 9.40. The summed E-state index contributed by atoms with van der Waals surface area (Å²) in [5.41, 5.74) is 0.643. The number of Topliss-reactive ketones (excluding diaryl/α,β-unsaturated/α-hetero) is 1. The van der Waals surface area contributed by atoms with Crippen molar-refractivity contribution in [3.05, 3.63) is 100 Å². The fraction of sp³-hybridized carbons (Fsp3) is 0.130. The highest BCUT2D eigenvalue weighted by atomic mass is 16.6. The topological polar surface area (TPSA) is 98.5 Å². The number of para-hydroxylation sites is 1. The molecule has 0 aromatic heterocycles. The van der Waals surface area contributed by atoms with Crippen LogP contribution in [0.3, 0.4) is 0 Å². The summed E-state index contributed by atoms with van der Waals surface area (Å²) in [7, 11) is 0. The van der Waals surface area contributed by atoms with E-state index >= 15 is 0 Å². The van der Waals surface area contributed by atoms with Crippen molar-refractivity contribution in [2.75, 3.05) is 5.32 Å². The third-order valence-corrected chi connectivity index (χ3v) is 4.44. The zero-order valence-electron chi connectivity index (χ0n) is 16.3. The lowest BCUT2D eigenvalue weighted by atomic mass is 10.0. The Hall–Kier alpha value is -4.00. The number of nitrogens with zero attached hydrogens (tertiary/aromatic N) is 1. The maximum atomic E-state index is 12.7. The Kier molecular flexibility index (Phi) is 6.54. The highest BCUT2D eigenvalue weighted by Gasteiger charge is 2.21. The van der Waals surface area contributed by atoms with Crippen LogP contribution >= 0.6 is 0 Å². The maximum absolute atomic E-state index is 12.7. The fourth-order valence-electron chi connectivity index (χ4n) is 2.95. The normalized spacial score (nSPS) is 11.4. The van der Waals surface area contributed by atoms with Gasteiger partial charge in [0.1, 0.15) is 11.3 Å². The van der Waals surface area contributed by atoms with Gasteiger partial charge in [-0.15, -0.1) is 0 Å². The Bertz CT molecular complexity index is 1070. The van der Waals surface area contributed by atoms with Crippen LogP contribution < -0.4 is 10.1 Å². The van der Waals surface area contributed by atoms with E-state index in [1.807, 2.05) is 13.0 Å². The number of hydrogen-bond donors (Lipinski definition) is 1. The molecule has 0 aliphatic carbocycles. The van der Waals surface area contributed by atoms with Gasteiger partial charge in [-0.2, -0.15) is 0 Å². The number of nitrogens with one attached hydrogen (secondary N) is 1. The Labute approximate surface area is 173 Å². The highest BCUT2D eigenvalue weighted by molar-refractivity contribution is 6.07. The second-order valence-electron chi connectivity index (χ2n) is 6.50. The third-order valence-electron chi connectivity index (χ3n) is 4.44. The van der Waals surface area contributed by atoms with Gasteiger partial charge in [0.2, 0.25) is 5.78 Å². The molecular weight excluding hydrogens is 384 g/mol. The van der Waals surface area contributed by atoms with Gasteiger partial charge in [-0.3, -0.25) is 19.7 Å². The summed E-state index contributed by atoms with van der Waals surface area (Å²) in [5, 5.41) is 13.8. The minimum Gasteiger partial charge on any atom is -0.482 e. The van der Waals surface area contributed by atoms with Crippen molar-refractivity contribution < 1.29 is 19.2 Å². The lowest BCUT2D eigenvalue weighted by Crippen LogP contribution is -2.26. The van der Waals surface area contributed by atoms with Crippen LogP contribution in [0.1, 0.15) is 34.1 Å². The summed E-state index contributed by atoms with van der Waals surface area (Å²) in [4.78, 5) is 35.7. The largest absolute Gasteiger partial charge is 0.482 e. The van der Waals surface area contributed by atoms with Crippen LogP contribution in [-0.2, 0) is 0 Å². The van der Waals surface area contributed by atoms with Crippen molar-refractivity contribution in [3.63, 3.8) is 0 Å². The molecule has 0 radical (unpaired) electrons. The molecule has 7 heteroatoms. The zero-order valence-corrected chi connectivity index (χ0v) is 16.3. The highest BCUT2D eigenvalue weighted by Crippen LogP contribution is 2.23. The molecule has 152 valence electrons. The number of hydrogen-bond acceptors (Lipinski definition) is 5. The molecule has 0 unspecified atom stereocenters. The number of ether oxygens (including phenoxy) is 1. The van der Waals surface area contributed by atoms with Crippen LogP contribution in [0, 0.1) is 10.1 Å². The Morgan fingerprint density at radius 2 is 1.70 bits per heavy atom. The van der Waals surface area contributed by atoms with Crippen LogP contribution in [0.5, 0.6) is 5.75 Å². The molecule has 0 spiro atoms. The van der Waals surface area contributed by atoms with E-state index in [0.29, 0.717) is 23.4 Å². The van der Waals surface area contributed by atoms with Gasteiger partial charge in [0.25, 0.3) is 11.6 Å². The lowest BCUT2D eigenvalue weighted by Gasteiger charge is -2.17. The predicted molar refractivity (Wildman–Crippen MR) is 113 cm³/mol. The summed E-state index contributed by atoms with van der Waals surface area (Å²) in [6.07, 6.45) is -0.200. The van der Waals surface area contributed by atoms with Crippen molar-refractivity contribution in [3.8, 4) is 5.75 Å². The first-order valence-electron chi connectivity index (χ1n) is 9.40. The average molecular weight is 404 g/mol. The standard InChI is InChI=1S/C23H20N2O5/c1-2-21(22(26)16-9-4-3-5-10-16)30-18-12-8-11-17(15-18)24-23(27)19-13-6-7-14-20(19)25(28)29/h3-15,21H,2H2,1H3,(H,24,27)/t21-/m1/s1. The molecule has 0 heterocycles. The molecule has 0 saturated heterocycles. The fourth-order valence-corrected chi connectivity index (χ4v) is 2.95. The molecule has 7 nitrogen and oxygen atoms in total. The molecule has 1 N–H and O–H groups in total. The van der Waals surface area contributed by atoms with E-state index in [-0.39, 0.29) is 17.0 Å². The number of ketones is 1. The number of benzene rings is 3. The maximum Gasteiger partial charge on any atom is 0.282 e. The quantitative estimate of drug-likeness (QED) is 0.327. The number of nitro groups is 1. The minimum absolute atomic E-state index is 0.0421. The van der Waals surface area contributed by atoms with E-state index in [2.05, 4.69) is 5.32 Å². The predicted octanol–water partition coefficient (Wildman–Crippen LogP) is 4.89. The summed E-state index contributed by atoms with van der Waals surface area (Å²) in [5.74, 6) is -0.328. The van der Waals surface area contributed by atoms with Crippen molar-refractivity contribution in [1.82, 2.24) is 0 Å². The Morgan fingerprint density at radius 3 is 2.40 bits per heavy atom. The molecule has 0 fully saturated rings. The zero-order chi connectivity index (χ0) is 21.5. The molecule has 1 atom stereocenters. The van der Waals surface area contributed by atoms with E-state index in [0.717, 1.165) is 0 Å². The minimum atomic E-state index is -0.673. The number of amides is 1. The molecule has 1 amide bonds. The summed E-state index contributed by atoms with van der Waals surface area (Å²) in [6.45, 7) is 1.85. The molecule has 0 saturated carbocycles. The van der Waals surface area contributed by atoms with Crippen LogP contribution in [0.15, 0.2) is 78.9 Å². The Balaban J connectivity index is 1.75. The van der Waals surface area contributed by atoms with E-state index < -0.39 is 16.9 Å². The van der Waals surface area contributed by atoms with Gasteiger partial charge in [0, 0.05) is 23.4 Å². The van der Waals surface area contributed by atoms with E-state index in [9.17, 15) is 19.7 Å². The Morgan fingerprint density at radius 1 is 1.00 bits per heavy atom. The van der Waals surface area contributed by atoms with Gasteiger partial charge in [0.15, 0.2) is 6.10 Å². The van der Waals surface area contributed by atoms with Gasteiger partial charge in [-0.25, -0.2) is 0 Å². The summed E-state index contributed by atoms with van der Waals surface area (Å²) < 4.78 is 5.86. The first-order chi connectivity index (χ1) is 14.5. The molecule has 0 aliphatic rings. The number of anilines is 1. The van der Waals surface area contributed by atoms with E-state index in [1.165, 1.54) is 18.2 Å². The summed E-state index contributed by atoms with van der Waals surface area (Å²) >= 11 is 0. The second kappa shape index (κ2) is 9.47. The molecule has 3 aromatic carbocycles. The molecule has 0 bridgehead atoms. The monoisotopic (exact) mass is 404 g/mol. The molecule has 3 aromatic rings. The van der Waals surface area contributed by atoms with Gasteiger partial charge in [-0.05, 0) is 24.6 Å². The number of rotatable bonds is 8. The van der Waals surface area contributed by atoms with Crippen LogP contribution in [0.2, 0.25) is 0 Å². The van der Waals surface area contributed by atoms with Crippen molar-refractivity contribution in [1.29, 1.82) is 0 Å². The van der Waals surface area contributed by atoms with Gasteiger partial charge >= 0.3 is 0 Å². The summed E-state index contributed by atoms with van der Waals surface area (Å²) in [6, 6.07) is 21.2. The van der Waals surface area contributed by atoms with Crippen LogP contribution in [-0.4, -0.2) is 22.7 Å². The molecule has 30 heavy (non-hydrogen) atoms. The van der Waals surface area contributed by atoms with Crippen molar-refractivity contribution in [2.45, 2.75) is 19.4 Å². The molecular formula is C23H20N2O5. The molecule has 0 aliphatic heterocycles. The van der Waals surface area contributed by atoms with Crippen LogP contribution in [0.4, 0.5) is 11.4 Å². The van der Waals surface area contributed by atoms with Crippen molar-refractivity contribution in [2.24, 2.45) is 0 Å². The van der Waals surface area contributed by atoms with E-state index in [4.69, 9.17) is 4.74 Å². The smallest absolute Gasteiger partial charge is 0.282 e. The number of carbonyl (C=O) groups is 2. The first kappa shape index (κ1) is 20.7. The van der Waals surface area contributed by atoms with Gasteiger partial charge in [-0.1, -0.05) is 55.5 Å². The van der Waals surface area contributed by atoms with Crippen LogP contribution in [0.25, 0.3) is 0 Å². The lowest BCUT2D eigenvalue weighted by molar-refractivity contribution is -0.385. The number of nitro benzene ring substituents is 1.